The molecule has 2 nitrogen and oxygen atoms in total. The van der Waals surface area contributed by atoms with Crippen LogP contribution < -0.4 is 10.1 Å². The SMILES string of the molecule is CCCC1Oc2c(Br)ccc(F)c2C1NC. The van der Waals surface area contributed by atoms with E-state index < -0.39 is 0 Å². The molecule has 2 unspecified atom stereocenters. The Morgan fingerprint density at radius 1 is 1.50 bits per heavy atom. The third-order valence-corrected chi connectivity index (χ3v) is 3.56. The Morgan fingerprint density at radius 2 is 2.25 bits per heavy atom. The van der Waals surface area contributed by atoms with Gasteiger partial charge in [-0.3, -0.25) is 0 Å². The second-order valence-electron chi connectivity index (χ2n) is 3.98. The van der Waals surface area contributed by atoms with E-state index in [0.29, 0.717) is 11.3 Å². The van der Waals surface area contributed by atoms with Crippen LogP contribution in [-0.4, -0.2) is 13.2 Å². The molecule has 1 aliphatic rings. The van der Waals surface area contributed by atoms with Crippen LogP contribution in [0, 0.1) is 5.82 Å². The number of hydrogen-bond donors (Lipinski definition) is 1. The zero-order chi connectivity index (χ0) is 11.7. The molecule has 1 aromatic rings. The fourth-order valence-electron chi connectivity index (χ4n) is 2.20. The maximum Gasteiger partial charge on any atom is 0.141 e. The van der Waals surface area contributed by atoms with Crippen LogP contribution in [0.2, 0.25) is 0 Å². The molecule has 0 bridgehead atoms. The smallest absolute Gasteiger partial charge is 0.141 e. The summed E-state index contributed by atoms with van der Waals surface area (Å²) in [7, 11) is 1.84. The molecule has 2 atom stereocenters. The zero-order valence-corrected chi connectivity index (χ0v) is 11.0. The normalized spacial score (nSPS) is 23.0. The van der Waals surface area contributed by atoms with Crippen LogP contribution in [0.4, 0.5) is 4.39 Å². The minimum absolute atomic E-state index is 0.0261. The minimum Gasteiger partial charge on any atom is -0.487 e. The van der Waals surface area contributed by atoms with Gasteiger partial charge in [-0.1, -0.05) is 13.3 Å². The Morgan fingerprint density at radius 3 is 2.88 bits per heavy atom. The molecule has 0 amide bonds. The van der Waals surface area contributed by atoms with Crippen LogP contribution >= 0.6 is 15.9 Å². The molecule has 0 spiro atoms. The zero-order valence-electron chi connectivity index (χ0n) is 9.39. The van der Waals surface area contributed by atoms with Crippen molar-refractivity contribution in [2.75, 3.05) is 7.05 Å². The highest BCUT2D eigenvalue weighted by atomic mass is 79.9. The van der Waals surface area contributed by atoms with Gasteiger partial charge in [-0.25, -0.2) is 4.39 Å². The van der Waals surface area contributed by atoms with E-state index in [0.717, 1.165) is 17.3 Å². The number of fused-ring (bicyclic) bond motifs is 1. The van der Waals surface area contributed by atoms with Gasteiger partial charge in [0.25, 0.3) is 0 Å². The quantitative estimate of drug-likeness (QED) is 0.920. The largest absolute Gasteiger partial charge is 0.487 e. The lowest BCUT2D eigenvalue weighted by Gasteiger charge is -2.17. The molecule has 0 fully saturated rings. The summed E-state index contributed by atoms with van der Waals surface area (Å²) >= 11 is 3.40. The average molecular weight is 288 g/mol. The van der Waals surface area contributed by atoms with E-state index in [1.54, 1.807) is 6.07 Å². The van der Waals surface area contributed by atoms with Crippen LogP contribution in [-0.2, 0) is 0 Å². The van der Waals surface area contributed by atoms with E-state index in [9.17, 15) is 4.39 Å². The van der Waals surface area contributed by atoms with Crippen molar-refractivity contribution in [2.24, 2.45) is 0 Å². The van der Waals surface area contributed by atoms with Crippen LogP contribution in [0.25, 0.3) is 0 Å². The van der Waals surface area contributed by atoms with Crippen molar-refractivity contribution in [3.05, 3.63) is 28.0 Å². The molecule has 2 rings (SSSR count). The van der Waals surface area contributed by atoms with Gasteiger partial charge in [0, 0.05) is 0 Å². The highest BCUT2D eigenvalue weighted by Gasteiger charge is 2.36. The molecule has 1 aromatic carbocycles. The molecule has 1 N–H and O–H groups in total. The summed E-state index contributed by atoms with van der Waals surface area (Å²) in [5, 5.41) is 3.14. The van der Waals surface area contributed by atoms with E-state index in [-0.39, 0.29) is 18.0 Å². The Labute approximate surface area is 103 Å². The van der Waals surface area contributed by atoms with Crippen LogP contribution in [0.15, 0.2) is 16.6 Å². The lowest BCUT2D eigenvalue weighted by atomic mass is 10.0. The molecular weight excluding hydrogens is 273 g/mol. The molecular formula is C12H15BrFNO. The number of halogens is 2. The number of nitrogens with one attached hydrogen (secondary N) is 1. The summed E-state index contributed by atoms with van der Waals surface area (Å²) < 4.78 is 20.4. The van der Waals surface area contributed by atoms with Gasteiger partial charge >= 0.3 is 0 Å². The van der Waals surface area contributed by atoms with E-state index in [1.807, 2.05) is 7.05 Å². The van der Waals surface area contributed by atoms with Crippen molar-refractivity contribution >= 4 is 15.9 Å². The lowest BCUT2D eigenvalue weighted by Crippen LogP contribution is -2.28. The molecule has 0 aliphatic carbocycles. The first-order chi connectivity index (χ1) is 7.69. The number of ether oxygens (including phenoxy) is 1. The molecule has 0 aromatic heterocycles. The van der Waals surface area contributed by atoms with E-state index in [2.05, 4.69) is 28.2 Å². The summed E-state index contributed by atoms with van der Waals surface area (Å²) in [6, 6.07) is 3.12. The molecule has 0 saturated heterocycles. The number of rotatable bonds is 3. The predicted molar refractivity (Wildman–Crippen MR) is 65.2 cm³/mol. The number of hydrogen-bond acceptors (Lipinski definition) is 2. The maximum atomic E-state index is 13.8. The van der Waals surface area contributed by atoms with Gasteiger partial charge in [-0.15, -0.1) is 0 Å². The molecule has 0 radical (unpaired) electrons. The number of benzene rings is 1. The first-order valence-corrected chi connectivity index (χ1v) is 6.30. The third kappa shape index (κ3) is 1.84. The van der Waals surface area contributed by atoms with Gasteiger partial charge in [0.05, 0.1) is 16.1 Å². The second kappa shape index (κ2) is 4.72. The first kappa shape index (κ1) is 11.9. The monoisotopic (exact) mass is 287 g/mol. The molecule has 1 heterocycles. The maximum absolute atomic E-state index is 13.8. The summed E-state index contributed by atoms with van der Waals surface area (Å²) in [6.07, 6.45) is 1.97. The molecule has 16 heavy (non-hydrogen) atoms. The third-order valence-electron chi connectivity index (χ3n) is 2.93. The van der Waals surface area contributed by atoms with Crippen molar-refractivity contribution in [2.45, 2.75) is 31.9 Å². The van der Waals surface area contributed by atoms with Gasteiger partial charge in [-0.2, -0.15) is 0 Å². The molecule has 0 saturated carbocycles. The van der Waals surface area contributed by atoms with Crippen LogP contribution in [0.5, 0.6) is 5.75 Å². The standard InChI is InChI=1S/C12H15BrFNO/c1-3-4-9-11(15-2)10-8(14)6-5-7(13)12(10)16-9/h5-6,9,11,15H,3-4H2,1-2H3. The topological polar surface area (TPSA) is 21.3 Å². The van der Waals surface area contributed by atoms with Gasteiger partial charge < -0.3 is 10.1 Å². The van der Waals surface area contributed by atoms with Crippen molar-refractivity contribution in [3.63, 3.8) is 0 Å². The van der Waals surface area contributed by atoms with Gasteiger partial charge in [0.15, 0.2) is 0 Å². The average Bonchev–Trinajstić information content (AvgIpc) is 2.64. The fraction of sp³-hybridized carbons (Fsp3) is 0.500. The summed E-state index contributed by atoms with van der Waals surface area (Å²) in [6.45, 7) is 2.10. The summed E-state index contributed by atoms with van der Waals surface area (Å²) in [5.41, 5.74) is 0.648. The number of likely N-dealkylation sites (N-methyl/N-ethyl adjacent to an activating group) is 1. The fourth-order valence-corrected chi connectivity index (χ4v) is 2.64. The summed E-state index contributed by atoms with van der Waals surface area (Å²) in [5.74, 6) is 0.453. The van der Waals surface area contributed by atoms with Crippen molar-refractivity contribution < 1.29 is 9.13 Å². The Kier molecular flexibility index (Phi) is 3.50. The summed E-state index contributed by atoms with van der Waals surface area (Å²) in [4.78, 5) is 0. The predicted octanol–water partition coefficient (Wildman–Crippen LogP) is 3.41. The van der Waals surface area contributed by atoms with Crippen LogP contribution in [0.3, 0.4) is 0 Å². The van der Waals surface area contributed by atoms with E-state index >= 15 is 0 Å². The van der Waals surface area contributed by atoms with Gasteiger partial charge in [0.2, 0.25) is 0 Å². The minimum atomic E-state index is -0.198. The van der Waals surface area contributed by atoms with Crippen molar-refractivity contribution in [1.29, 1.82) is 0 Å². The van der Waals surface area contributed by atoms with E-state index in [1.165, 1.54) is 6.07 Å². The molecule has 4 heteroatoms. The Hall–Kier alpha value is -0.610. The lowest BCUT2D eigenvalue weighted by molar-refractivity contribution is 0.181. The highest BCUT2D eigenvalue weighted by Crippen LogP contribution is 2.44. The molecule has 1 aliphatic heterocycles. The highest BCUT2D eigenvalue weighted by molar-refractivity contribution is 9.10. The van der Waals surface area contributed by atoms with Gasteiger partial charge in [0.1, 0.15) is 17.7 Å². The van der Waals surface area contributed by atoms with Crippen molar-refractivity contribution in [3.8, 4) is 5.75 Å². The second-order valence-corrected chi connectivity index (χ2v) is 4.84. The Bertz CT molecular complexity index is 397. The van der Waals surface area contributed by atoms with Crippen molar-refractivity contribution in [1.82, 2.24) is 5.32 Å². The van der Waals surface area contributed by atoms with Gasteiger partial charge in [-0.05, 0) is 41.5 Å². The Balaban J connectivity index is 2.42. The molecule has 88 valence electrons. The first-order valence-electron chi connectivity index (χ1n) is 5.50. The van der Waals surface area contributed by atoms with E-state index in [4.69, 9.17) is 4.74 Å². The van der Waals surface area contributed by atoms with Crippen LogP contribution in [0.1, 0.15) is 31.4 Å².